The third-order valence-corrected chi connectivity index (χ3v) is 2.82. The first kappa shape index (κ1) is 13.2. The van der Waals surface area contributed by atoms with Crippen LogP contribution in [-0.2, 0) is 4.74 Å². The summed E-state index contributed by atoms with van der Waals surface area (Å²) in [7, 11) is 0. The summed E-state index contributed by atoms with van der Waals surface area (Å²) in [6.07, 6.45) is 0. The van der Waals surface area contributed by atoms with Gasteiger partial charge in [-0.3, -0.25) is 0 Å². The lowest BCUT2D eigenvalue weighted by Crippen LogP contribution is -1.84. The molecule has 0 fully saturated rings. The van der Waals surface area contributed by atoms with Gasteiger partial charge in [0.25, 0.3) is 0 Å². The highest BCUT2D eigenvalue weighted by molar-refractivity contribution is 14.1. The van der Waals surface area contributed by atoms with Crippen molar-refractivity contribution >= 4 is 34.2 Å². The van der Waals surface area contributed by atoms with Gasteiger partial charge in [-0.25, -0.2) is 0 Å². The molecule has 0 aromatic heterocycles. The minimum absolute atomic E-state index is 0.827. The predicted molar refractivity (Wildman–Crippen MR) is 66.3 cm³/mol. The minimum atomic E-state index is 0.827. The van der Waals surface area contributed by atoms with Crippen molar-refractivity contribution in [2.75, 3.05) is 13.2 Å². The Labute approximate surface area is 98.6 Å². The molecule has 0 radical (unpaired) electrons. The van der Waals surface area contributed by atoms with Gasteiger partial charge in [0.2, 0.25) is 0 Å². The molecule has 0 atom stereocenters. The van der Waals surface area contributed by atoms with E-state index in [1.54, 1.807) is 0 Å². The highest BCUT2D eigenvalue weighted by Crippen LogP contribution is 2.15. The zero-order valence-electron chi connectivity index (χ0n) is 7.89. The van der Waals surface area contributed by atoms with Crippen molar-refractivity contribution in [3.8, 4) is 0 Å². The van der Waals surface area contributed by atoms with Crippen LogP contribution in [0.5, 0.6) is 0 Å². The fraction of sp³-hybridized carbons (Fsp3) is 0.400. The van der Waals surface area contributed by atoms with E-state index >= 15 is 0 Å². The maximum absolute atomic E-state index is 5.70. The van der Waals surface area contributed by atoms with Crippen molar-refractivity contribution < 1.29 is 4.74 Å². The molecule has 3 heteroatoms. The second kappa shape index (κ2) is 8.78. The Morgan fingerprint density at radius 3 is 2.00 bits per heavy atom. The zero-order chi connectivity index (χ0) is 10.1. The van der Waals surface area contributed by atoms with Gasteiger partial charge >= 0.3 is 0 Å². The second-order valence-corrected chi connectivity index (χ2v) is 3.76. The van der Waals surface area contributed by atoms with Crippen LogP contribution < -0.4 is 0 Å². The van der Waals surface area contributed by atoms with E-state index in [4.69, 9.17) is 16.3 Å². The molecule has 74 valence electrons. The van der Waals surface area contributed by atoms with Crippen LogP contribution in [0.2, 0.25) is 5.02 Å². The maximum atomic E-state index is 5.70. The van der Waals surface area contributed by atoms with Crippen LogP contribution in [-0.4, -0.2) is 13.2 Å². The van der Waals surface area contributed by atoms with Gasteiger partial charge in [0, 0.05) is 16.8 Å². The van der Waals surface area contributed by atoms with Crippen LogP contribution in [0, 0.1) is 3.57 Å². The first-order chi connectivity index (χ1) is 6.22. The highest BCUT2D eigenvalue weighted by atomic mass is 127. The molecule has 0 bridgehead atoms. The Kier molecular flexibility index (Phi) is 8.92. The number of halogens is 2. The van der Waals surface area contributed by atoms with E-state index in [1.165, 1.54) is 0 Å². The Morgan fingerprint density at radius 2 is 1.77 bits per heavy atom. The molecule has 0 spiro atoms. The number of benzene rings is 1. The quantitative estimate of drug-likeness (QED) is 0.750. The summed E-state index contributed by atoms with van der Waals surface area (Å²) in [4.78, 5) is 0. The van der Waals surface area contributed by atoms with Crippen molar-refractivity contribution in [1.82, 2.24) is 0 Å². The van der Waals surface area contributed by atoms with Crippen LogP contribution in [0.3, 0.4) is 0 Å². The molecule has 0 aliphatic rings. The molecule has 0 aliphatic carbocycles. The SMILES string of the molecule is CCOCC.Clc1ccccc1I. The summed E-state index contributed by atoms with van der Waals surface area (Å²) in [6.45, 7) is 5.67. The normalized spacial score (nSPS) is 8.92. The molecule has 1 rings (SSSR count). The lowest BCUT2D eigenvalue weighted by atomic mass is 10.4. The van der Waals surface area contributed by atoms with Crippen molar-refractivity contribution in [2.45, 2.75) is 13.8 Å². The van der Waals surface area contributed by atoms with E-state index in [9.17, 15) is 0 Å². The Hall–Kier alpha value is 0.200. The van der Waals surface area contributed by atoms with Crippen LogP contribution in [0.15, 0.2) is 24.3 Å². The van der Waals surface area contributed by atoms with Crippen molar-refractivity contribution in [3.05, 3.63) is 32.9 Å². The monoisotopic (exact) mass is 312 g/mol. The summed E-state index contributed by atoms with van der Waals surface area (Å²) < 4.78 is 5.94. The van der Waals surface area contributed by atoms with E-state index in [1.807, 2.05) is 38.1 Å². The second-order valence-electron chi connectivity index (χ2n) is 2.20. The summed E-state index contributed by atoms with van der Waals surface area (Å²) in [6, 6.07) is 7.74. The average Bonchev–Trinajstić information content (AvgIpc) is 2.13. The maximum Gasteiger partial charge on any atom is 0.0539 e. The number of hydrogen-bond acceptors (Lipinski definition) is 1. The van der Waals surface area contributed by atoms with Crippen LogP contribution in [0.1, 0.15) is 13.8 Å². The fourth-order valence-electron chi connectivity index (χ4n) is 0.643. The molecule has 0 unspecified atom stereocenters. The van der Waals surface area contributed by atoms with E-state index in [2.05, 4.69) is 22.6 Å². The number of hydrogen-bond donors (Lipinski definition) is 0. The number of rotatable bonds is 2. The molecule has 0 aliphatic heterocycles. The van der Waals surface area contributed by atoms with E-state index in [0.717, 1.165) is 21.8 Å². The predicted octanol–water partition coefficient (Wildman–Crippen LogP) is 3.99. The minimum Gasteiger partial charge on any atom is -0.382 e. The van der Waals surface area contributed by atoms with Gasteiger partial charge in [-0.05, 0) is 48.6 Å². The van der Waals surface area contributed by atoms with Gasteiger partial charge in [-0.2, -0.15) is 0 Å². The van der Waals surface area contributed by atoms with Gasteiger partial charge in [0.15, 0.2) is 0 Å². The standard InChI is InChI=1S/C6H4ClI.C4H10O/c7-5-3-1-2-4-6(5)8;1-3-5-4-2/h1-4H;3-4H2,1-2H3. The molecule has 1 aromatic carbocycles. The van der Waals surface area contributed by atoms with Gasteiger partial charge in [-0.15, -0.1) is 0 Å². The third-order valence-electron chi connectivity index (χ3n) is 1.23. The van der Waals surface area contributed by atoms with Crippen molar-refractivity contribution in [1.29, 1.82) is 0 Å². The molecule has 0 saturated heterocycles. The molecule has 1 aromatic rings. The van der Waals surface area contributed by atoms with E-state index in [0.29, 0.717) is 0 Å². The fourth-order valence-corrected chi connectivity index (χ4v) is 1.17. The van der Waals surface area contributed by atoms with Gasteiger partial charge in [0.05, 0.1) is 5.02 Å². The Morgan fingerprint density at radius 1 is 1.23 bits per heavy atom. The summed E-state index contributed by atoms with van der Waals surface area (Å²) in [5.74, 6) is 0. The topological polar surface area (TPSA) is 9.23 Å². The average molecular weight is 313 g/mol. The van der Waals surface area contributed by atoms with Crippen LogP contribution in [0.4, 0.5) is 0 Å². The summed E-state index contributed by atoms with van der Waals surface area (Å²) in [5.41, 5.74) is 0. The molecule has 0 N–H and O–H groups in total. The van der Waals surface area contributed by atoms with Crippen LogP contribution in [0.25, 0.3) is 0 Å². The molecule has 13 heavy (non-hydrogen) atoms. The van der Waals surface area contributed by atoms with Gasteiger partial charge in [-0.1, -0.05) is 23.7 Å². The highest BCUT2D eigenvalue weighted by Gasteiger charge is 1.88. The molecular weight excluding hydrogens is 298 g/mol. The van der Waals surface area contributed by atoms with Crippen LogP contribution >= 0.6 is 34.2 Å². The lowest BCUT2D eigenvalue weighted by molar-refractivity contribution is 0.162. The van der Waals surface area contributed by atoms with Crippen molar-refractivity contribution in [2.24, 2.45) is 0 Å². The number of ether oxygens (including phenoxy) is 1. The third kappa shape index (κ3) is 7.28. The molecule has 0 saturated carbocycles. The van der Waals surface area contributed by atoms with Gasteiger partial charge in [0.1, 0.15) is 0 Å². The van der Waals surface area contributed by atoms with E-state index in [-0.39, 0.29) is 0 Å². The first-order valence-corrected chi connectivity index (χ1v) is 5.65. The summed E-state index contributed by atoms with van der Waals surface area (Å²) in [5, 5.41) is 0.827. The van der Waals surface area contributed by atoms with Crippen molar-refractivity contribution in [3.63, 3.8) is 0 Å². The molecular formula is C10H14ClIO. The first-order valence-electron chi connectivity index (χ1n) is 4.20. The largest absolute Gasteiger partial charge is 0.382 e. The zero-order valence-corrected chi connectivity index (χ0v) is 10.8. The Bertz CT molecular complexity index is 205. The smallest absolute Gasteiger partial charge is 0.0539 e. The molecule has 1 nitrogen and oxygen atoms in total. The summed E-state index contributed by atoms with van der Waals surface area (Å²) >= 11 is 7.89. The van der Waals surface area contributed by atoms with Gasteiger partial charge < -0.3 is 4.74 Å². The van der Waals surface area contributed by atoms with E-state index < -0.39 is 0 Å². The molecule has 0 amide bonds. The lowest BCUT2D eigenvalue weighted by Gasteiger charge is -1.89. The molecule has 0 heterocycles. The Balaban J connectivity index is 0.000000252.